The number of nitrogens with zero attached hydrogens (tertiary/aromatic N) is 3. The third-order valence-electron chi connectivity index (χ3n) is 7.71. The second-order valence-corrected chi connectivity index (χ2v) is 12.5. The molecule has 2 aromatic carbocycles. The second kappa shape index (κ2) is 10.00. The van der Waals surface area contributed by atoms with E-state index in [1.54, 1.807) is 17.0 Å². The summed E-state index contributed by atoms with van der Waals surface area (Å²) < 4.78 is 25.8. The number of imide groups is 1. The molecule has 0 radical (unpaired) electrons. The highest BCUT2D eigenvalue weighted by atomic mass is 32.2. The molecule has 3 aliphatic heterocycles. The third-order valence-corrected chi connectivity index (χ3v) is 9.54. The summed E-state index contributed by atoms with van der Waals surface area (Å²) in [4.78, 5) is 41.0. The molecule has 0 aliphatic carbocycles. The maximum absolute atomic E-state index is 13.0. The second-order valence-electron chi connectivity index (χ2n) is 10.3. The van der Waals surface area contributed by atoms with Gasteiger partial charge >= 0.3 is 0 Å². The van der Waals surface area contributed by atoms with E-state index >= 15 is 0 Å². The largest absolute Gasteiger partial charge is 0.322 e. The molecule has 2 saturated heterocycles. The van der Waals surface area contributed by atoms with Crippen LogP contribution in [0, 0.1) is 0 Å². The summed E-state index contributed by atoms with van der Waals surface area (Å²) >= 11 is 0. The molecule has 1 N–H and O–H groups in total. The Hall–Kier alpha value is -3.08. The van der Waals surface area contributed by atoms with Crippen molar-refractivity contribution in [3.63, 3.8) is 0 Å². The van der Waals surface area contributed by atoms with Crippen molar-refractivity contribution in [1.82, 2.24) is 19.4 Å². The third kappa shape index (κ3) is 5.05. The Morgan fingerprint density at radius 2 is 1.68 bits per heavy atom. The zero-order valence-electron chi connectivity index (χ0n) is 21.1. The number of nitrogens with one attached hydrogen (secondary N) is 1. The molecule has 3 heterocycles. The molecule has 10 heteroatoms. The van der Waals surface area contributed by atoms with Gasteiger partial charge < -0.3 is 4.90 Å². The molecular formula is C27H32N4O5S. The lowest BCUT2D eigenvalue weighted by molar-refractivity contribution is -0.136. The van der Waals surface area contributed by atoms with Gasteiger partial charge in [-0.25, -0.2) is 12.7 Å². The van der Waals surface area contributed by atoms with Crippen LogP contribution in [0.15, 0.2) is 47.4 Å². The van der Waals surface area contributed by atoms with Crippen LogP contribution in [-0.2, 0) is 32.7 Å². The number of hydrogen-bond donors (Lipinski definition) is 1. The predicted molar refractivity (Wildman–Crippen MR) is 137 cm³/mol. The SMILES string of the molecule is CN(C)S(=O)(=O)c1ccc(CN2CCC(c3ccc4c(c3)CN([C@H]3CCC(=O)NC3=O)C4=O)CC2)cc1. The van der Waals surface area contributed by atoms with Gasteiger partial charge in [-0.3, -0.25) is 24.6 Å². The minimum atomic E-state index is -3.43. The number of carbonyl (C=O) groups is 3. The van der Waals surface area contributed by atoms with E-state index < -0.39 is 16.1 Å². The van der Waals surface area contributed by atoms with Crippen LogP contribution in [-0.4, -0.2) is 73.5 Å². The van der Waals surface area contributed by atoms with Crippen molar-refractivity contribution in [3.8, 4) is 0 Å². The van der Waals surface area contributed by atoms with Crippen LogP contribution in [0.4, 0.5) is 0 Å². The van der Waals surface area contributed by atoms with Gasteiger partial charge in [0.15, 0.2) is 0 Å². The highest BCUT2D eigenvalue weighted by Gasteiger charge is 2.39. The average molecular weight is 525 g/mol. The van der Waals surface area contributed by atoms with Crippen molar-refractivity contribution in [2.75, 3.05) is 27.2 Å². The van der Waals surface area contributed by atoms with Gasteiger partial charge in [0.25, 0.3) is 5.91 Å². The number of benzene rings is 2. The summed E-state index contributed by atoms with van der Waals surface area (Å²) in [5.74, 6) is -0.420. The smallest absolute Gasteiger partial charge is 0.255 e. The topological polar surface area (TPSA) is 107 Å². The molecule has 5 rings (SSSR count). The number of sulfonamides is 1. The molecule has 3 aliphatic rings. The summed E-state index contributed by atoms with van der Waals surface area (Å²) in [5, 5.41) is 2.35. The molecule has 37 heavy (non-hydrogen) atoms. The van der Waals surface area contributed by atoms with Crippen molar-refractivity contribution in [3.05, 3.63) is 64.7 Å². The molecule has 1 atom stereocenters. The number of piperidine rings is 2. The molecule has 9 nitrogen and oxygen atoms in total. The summed E-state index contributed by atoms with van der Waals surface area (Å²) in [6.07, 6.45) is 2.61. The predicted octanol–water partition coefficient (Wildman–Crippen LogP) is 2.08. The maximum atomic E-state index is 13.0. The Balaban J connectivity index is 1.19. The van der Waals surface area contributed by atoms with Gasteiger partial charge in [-0.15, -0.1) is 0 Å². The number of fused-ring (bicyclic) bond motifs is 1. The summed E-state index contributed by atoms with van der Waals surface area (Å²) in [6.45, 7) is 3.03. The van der Waals surface area contributed by atoms with Crippen molar-refractivity contribution in [2.45, 2.75) is 55.6 Å². The fraction of sp³-hybridized carbons (Fsp3) is 0.444. The molecule has 0 bridgehead atoms. The fourth-order valence-electron chi connectivity index (χ4n) is 5.51. The van der Waals surface area contributed by atoms with Gasteiger partial charge in [-0.05, 0) is 73.2 Å². The average Bonchev–Trinajstić information content (AvgIpc) is 3.20. The number of carbonyl (C=O) groups excluding carboxylic acids is 3. The molecular weight excluding hydrogens is 492 g/mol. The van der Waals surface area contributed by atoms with Gasteiger partial charge in [-0.2, -0.15) is 0 Å². The van der Waals surface area contributed by atoms with E-state index in [9.17, 15) is 22.8 Å². The van der Waals surface area contributed by atoms with Crippen LogP contribution in [0.3, 0.4) is 0 Å². The Morgan fingerprint density at radius 1 is 0.973 bits per heavy atom. The van der Waals surface area contributed by atoms with Crippen LogP contribution in [0.25, 0.3) is 0 Å². The molecule has 0 saturated carbocycles. The number of hydrogen-bond acceptors (Lipinski definition) is 6. The number of amides is 3. The fourth-order valence-corrected chi connectivity index (χ4v) is 6.41. The first-order chi connectivity index (χ1) is 17.6. The van der Waals surface area contributed by atoms with Crippen molar-refractivity contribution >= 4 is 27.7 Å². The number of rotatable bonds is 6. The van der Waals surface area contributed by atoms with Gasteiger partial charge in [-0.1, -0.05) is 24.3 Å². The van der Waals surface area contributed by atoms with Crippen molar-refractivity contribution in [1.29, 1.82) is 0 Å². The first-order valence-corrected chi connectivity index (χ1v) is 14.1. The van der Waals surface area contributed by atoms with Gasteiger partial charge in [0.05, 0.1) is 4.90 Å². The Kier molecular flexibility index (Phi) is 6.91. The van der Waals surface area contributed by atoms with Gasteiger partial charge in [0.1, 0.15) is 6.04 Å². The molecule has 2 aromatic rings. The highest BCUT2D eigenvalue weighted by molar-refractivity contribution is 7.89. The molecule has 3 amide bonds. The van der Waals surface area contributed by atoms with Crippen molar-refractivity contribution in [2.24, 2.45) is 0 Å². The lowest BCUT2D eigenvalue weighted by Gasteiger charge is -2.32. The van der Waals surface area contributed by atoms with Gasteiger partial charge in [0.2, 0.25) is 21.8 Å². The first-order valence-electron chi connectivity index (χ1n) is 12.6. The summed E-state index contributed by atoms with van der Waals surface area (Å²) in [7, 11) is -0.368. The van der Waals surface area contributed by atoms with E-state index in [2.05, 4.69) is 16.3 Å². The van der Waals surface area contributed by atoms with Gasteiger partial charge in [0, 0.05) is 39.2 Å². The Bertz CT molecular complexity index is 1330. The summed E-state index contributed by atoms with van der Waals surface area (Å²) in [5.41, 5.74) is 3.89. The molecule has 0 aromatic heterocycles. The zero-order chi connectivity index (χ0) is 26.3. The van der Waals surface area contributed by atoms with Crippen LogP contribution < -0.4 is 5.32 Å². The lowest BCUT2D eigenvalue weighted by atomic mass is 9.87. The minimum absolute atomic E-state index is 0.143. The standard InChI is InChI=1S/C27H32N4O5S/c1-29(2)37(35,36)22-6-3-18(4-7-22)16-30-13-11-19(12-14-30)20-5-8-23-21(15-20)17-31(27(23)34)24-9-10-25(32)28-26(24)33/h3-8,15,19,24H,9-14,16-17H2,1-2H3,(H,28,32,33)/t24-/m0/s1. The zero-order valence-corrected chi connectivity index (χ0v) is 22.0. The monoisotopic (exact) mass is 524 g/mol. The Labute approximate surface area is 217 Å². The van der Waals surface area contributed by atoms with E-state index in [1.807, 2.05) is 24.3 Å². The van der Waals surface area contributed by atoms with Crippen LogP contribution in [0.1, 0.15) is 58.6 Å². The van der Waals surface area contributed by atoms with E-state index in [1.165, 1.54) is 24.0 Å². The van der Waals surface area contributed by atoms with E-state index in [4.69, 9.17) is 0 Å². The molecule has 2 fully saturated rings. The molecule has 196 valence electrons. The molecule has 0 unspecified atom stereocenters. The quantitative estimate of drug-likeness (QED) is 0.580. The summed E-state index contributed by atoms with van der Waals surface area (Å²) in [6, 6.07) is 12.5. The normalized spacial score (nSPS) is 21.4. The van der Waals surface area contributed by atoms with E-state index in [0.29, 0.717) is 29.3 Å². The molecule has 0 spiro atoms. The minimum Gasteiger partial charge on any atom is -0.322 e. The first kappa shape index (κ1) is 25.6. The van der Waals surface area contributed by atoms with E-state index in [0.717, 1.165) is 43.6 Å². The number of likely N-dealkylation sites (tertiary alicyclic amines) is 1. The van der Waals surface area contributed by atoms with Crippen LogP contribution in [0.5, 0.6) is 0 Å². The van der Waals surface area contributed by atoms with E-state index in [-0.39, 0.29) is 24.1 Å². The van der Waals surface area contributed by atoms with Crippen LogP contribution >= 0.6 is 0 Å². The lowest BCUT2D eigenvalue weighted by Crippen LogP contribution is -2.52. The Morgan fingerprint density at radius 3 is 2.32 bits per heavy atom. The maximum Gasteiger partial charge on any atom is 0.255 e. The van der Waals surface area contributed by atoms with Crippen LogP contribution in [0.2, 0.25) is 0 Å². The highest BCUT2D eigenvalue weighted by Crippen LogP contribution is 2.34. The van der Waals surface area contributed by atoms with Crippen molar-refractivity contribution < 1.29 is 22.8 Å².